The maximum atomic E-state index is 14.9. The van der Waals surface area contributed by atoms with Gasteiger partial charge in [-0.15, -0.1) is 0 Å². The molecule has 2 saturated heterocycles. The van der Waals surface area contributed by atoms with Crippen LogP contribution in [-0.4, -0.2) is 98.0 Å². The SMILES string of the molecule is COC(=O)CCC1N=C(c2ccccn2)c2cc(Br)ccc2NC1OP(=O)(N1CCOCC1)N1CCOCC1. The number of fused-ring (bicyclic) bond motifs is 1. The van der Waals surface area contributed by atoms with E-state index in [2.05, 4.69) is 26.2 Å². The molecule has 0 amide bonds. The fourth-order valence-corrected chi connectivity index (χ4v) is 7.66. The third kappa shape index (κ3) is 6.59. The summed E-state index contributed by atoms with van der Waals surface area (Å²) < 4.78 is 42.2. The number of carbonyl (C=O) groups is 1. The topological polar surface area (TPSA) is 115 Å². The number of hydrogen-bond donors (Lipinski definition) is 1. The number of morpholine rings is 2. The van der Waals surface area contributed by atoms with E-state index in [0.717, 1.165) is 15.7 Å². The van der Waals surface area contributed by atoms with E-state index in [0.29, 0.717) is 70.4 Å². The summed E-state index contributed by atoms with van der Waals surface area (Å²) in [6.07, 6.45) is 1.37. The number of aromatic nitrogens is 1. The number of hydrogen-bond acceptors (Lipinski definition) is 9. The third-order valence-corrected chi connectivity index (χ3v) is 10.1. The standard InChI is InChI=1S/C26H33BrN5O6P/c1-35-24(33)8-7-23-26(38-39(34,31-10-14-36-15-11-31)32-12-16-37-17-13-32)30-21-6-5-19(27)18-20(21)25(29-23)22-4-2-3-9-28-22/h2-6,9,18,23,26,30H,7-8,10-17H2,1H3. The van der Waals surface area contributed by atoms with Crippen LogP contribution >= 0.6 is 23.6 Å². The minimum absolute atomic E-state index is 0.126. The molecule has 1 aromatic carbocycles. The summed E-state index contributed by atoms with van der Waals surface area (Å²) in [6, 6.07) is 10.9. The zero-order valence-electron chi connectivity index (χ0n) is 21.8. The van der Waals surface area contributed by atoms with Crippen LogP contribution in [0.1, 0.15) is 24.1 Å². The van der Waals surface area contributed by atoms with Crippen molar-refractivity contribution in [2.24, 2.45) is 4.99 Å². The first-order chi connectivity index (χ1) is 19.0. The molecule has 3 aliphatic rings. The van der Waals surface area contributed by atoms with Crippen LogP contribution in [0.2, 0.25) is 0 Å². The smallest absolute Gasteiger partial charge is 0.348 e. The lowest BCUT2D eigenvalue weighted by Gasteiger charge is -2.43. The molecular formula is C26H33BrN5O6P. The molecule has 2 aromatic rings. The third-order valence-electron chi connectivity index (χ3n) is 6.90. The fourth-order valence-electron chi connectivity index (χ4n) is 4.85. The highest BCUT2D eigenvalue weighted by atomic mass is 79.9. The van der Waals surface area contributed by atoms with Crippen LogP contribution in [0.3, 0.4) is 0 Å². The average molecular weight is 622 g/mol. The first-order valence-electron chi connectivity index (χ1n) is 13.1. The number of rotatable bonds is 8. The Balaban J connectivity index is 1.57. The first-order valence-corrected chi connectivity index (χ1v) is 15.4. The van der Waals surface area contributed by atoms with E-state index in [1.807, 2.05) is 45.7 Å². The second-order valence-corrected chi connectivity index (χ2v) is 12.6. The Bertz CT molecular complexity index is 1200. The fraction of sp³-hybridized carbons (Fsp3) is 0.500. The van der Waals surface area contributed by atoms with Gasteiger partial charge < -0.3 is 19.5 Å². The molecule has 2 unspecified atom stereocenters. The lowest BCUT2D eigenvalue weighted by atomic mass is 10.0. The molecule has 0 bridgehead atoms. The highest BCUT2D eigenvalue weighted by Crippen LogP contribution is 2.56. The van der Waals surface area contributed by atoms with Gasteiger partial charge in [0.1, 0.15) is 0 Å². The van der Waals surface area contributed by atoms with Crippen molar-refractivity contribution in [3.05, 3.63) is 58.3 Å². The first kappa shape index (κ1) is 28.4. The molecule has 0 spiro atoms. The number of ether oxygens (including phenoxy) is 3. The predicted molar refractivity (Wildman–Crippen MR) is 150 cm³/mol. The summed E-state index contributed by atoms with van der Waals surface area (Å²) in [5.74, 6) is -0.350. The molecule has 2 fully saturated rings. The van der Waals surface area contributed by atoms with Gasteiger partial charge in [0.25, 0.3) is 0 Å². The number of esters is 1. The molecule has 5 rings (SSSR count). The van der Waals surface area contributed by atoms with Gasteiger partial charge in [0.15, 0.2) is 6.23 Å². The van der Waals surface area contributed by atoms with Crippen molar-refractivity contribution in [2.75, 3.05) is 65.0 Å². The highest BCUT2D eigenvalue weighted by Gasteiger charge is 2.44. The van der Waals surface area contributed by atoms with Gasteiger partial charge in [-0.25, -0.2) is 9.34 Å². The number of nitrogens with zero attached hydrogens (tertiary/aromatic N) is 4. The molecule has 4 heterocycles. The normalized spacial score (nSPS) is 22.8. The summed E-state index contributed by atoms with van der Waals surface area (Å²) >= 11 is 3.58. The molecule has 1 aromatic heterocycles. The van der Waals surface area contributed by atoms with Crippen molar-refractivity contribution in [2.45, 2.75) is 25.1 Å². The summed E-state index contributed by atoms with van der Waals surface area (Å²) in [6.45, 7) is 3.84. The van der Waals surface area contributed by atoms with E-state index < -0.39 is 19.9 Å². The van der Waals surface area contributed by atoms with E-state index in [9.17, 15) is 9.36 Å². The van der Waals surface area contributed by atoms with Crippen LogP contribution in [0.4, 0.5) is 5.69 Å². The van der Waals surface area contributed by atoms with Gasteiger partial charge in [-0.3, -0.25) is 23.9 Å². The quantitative estimate of drug-likeness (QED) is 0.347. The van der Waals surface area contributed by atoms with Crippen molar-refractivity contribution in [3.63, 3.8) is 0 Å². The second kappa shape index (κ2) is 13.0. The molecule has 13 heteroatoms. The van der Waals surface area contributed by atoms with Gasteiger partial charge in [-0.2, -0.15) is 0 Å². The number of methoxy groups -OCH3 is 1. The summed E-state index contributed by atoms with van der Waals surface area (Å²) in [4.78, 5) is 21.9. The van der Waals surface area contributed by atoms with Gasteiger partial charge in [0, 0.05) is 54.5 Å². The molecule has 1 N–H and O–H groups in total. The molecule has 11 nitrogen and oxygen atoms in total. The molecule has 39 heavy (non-hydrogen) atoms. The second-order valence-electron chi connectivity index (χ2n) is 9.36. The number of nitrogens with one attached hydrogen (secondary N) is 1. The number of pyridine rings is 1. The van der Waals surface area contributed by atoms with Gasteiger partial charge in [0.2, 0.25) is 0 Å². The molecular weight excluding hydrogens is 589 g/mol. The van der Waals surface area contributed by atoms with Gasteiger partial charge in [0.05, 0.1) is 51.0 Å². The zero-order valence-corrected chi connectivity index (χ0v) is 24.3. The van der Waals surface area contributed by atoms with Crippen LogP contribution in [0.25, 0.3) is 0 Å². The number of carbonyl (C=O) groups excluding carboxylic acids is 1. The van der Waals surface area contributed by atoms with Crippen molar-refractivity contribution in [1.29, 1.82) is 0 Å². The highest BCUT2D eigenvalue weighted by molar-refractivity contribution is 9.10. The molecule has 2 atom stereocenters. The maximum Gasteiger partial charge on any atom is 0.348 e. The number of halogens is 1. The molecule has 3 aliphatic heterocycles. The Kier molecular flexibility index (Phi) is 9.44. The van der Waals surface area contributed by atoms with Crippen molar-refractivity contribution < 1.29 is 28.1 Å². The lowest BCUT2D eigenvalue weighted by molar-refractivity contribution is -0.140. The predicted octanol–water partition coefficient (Wildman–Crippen LogP) is 3.54. The van der Waals surface area contributed by atoms with E-state index >= 15 is 0 Å². The molecule has 0 radical (unpaired) electrons. The minimum atomic E-state index is -3.53. The largest absolute Gasteiger partial charge is 0.469 e. The van der Waals surface area contributed by atoms with Crippen molar-refractivity contribution in [3.8, 4) is 0 Å². The van der Waals surface area contributed by atoms with Gasteiger partial charge in [-0.1, -0.05) is 22.0 Å². The summed E-state index contributed by atoms with van der Waals surface area (Å²) in [5, 5.41) is 3.49. The van der Waals surface area contributed by atoms with Crippen LogP contribution < -0.4 is 5.32 Å². The summed E-state index contributed by atoms with van der Waals surface area (Å²) in [5.41, 5.74) is 2.94. The minimum Gasteiger partial charge on any atom is -0.469 e. The summed E-state index contributed by atoms with van der Waals surface area (Å²) in [7, 11) is -2.17. The van der Waals surface area contributed by atoms with Crippen LogP contribution in [0.15, 0.2) is 52.1 Å². The van der Waals surface area contributed by atoms with E-state index in [-0.39, 0.29) is 12.4 Å². The molecule has 0 aliphatic carbocycles. The molecule has 210 valence electrons. The van der Waals surface area contributed by atoms with E-state index in [1.54, 1.807) is 6.20 Å². The van der Waals surface area contributed by atoms with Crippen LogP contribution in [0.5, 0.6) is 0 Å². The average Bonchev–Trinajstić information content (AvgIpc) is 3.13. The Morgan fingerprint density at radius 2 is 1.79 bits per heavy atom. The number of anilines is 1. The Morgan fingerprint density at radius 1 is 1.10 bits per heavy atom. The van der Waals surface area contributed by atoms with Crippen LogP contribution in [0, 0.1) is 0 Å². The number of aliphatic imine (C=N–C) groups is 1. The van der Waals surface area contributed by atoms with E-state index in [4.69, 9.17) is 23.7 Å². The maximum absolute atomic E-state index is 14.9. The Hall–Kier alpha value is -2.18. The lowest BCUT2D eigenvalue weighted by Crippen LogP contribution is -2.46. The number of benzodiazepines with no additional fused rings is 1. The monoisotopic (exact) mass is 621 g/mol. The zero-order chi connectivity index (χ0) is 27.2. The van der Waals surface area contributed by atoms with Gasteiger partial charge >= 0.3 is 13.6 Å². The number of benzene rings is 1. The van der Waals surface area contributed by atoms with Crippen molar-refractivity contribution >= 4 is 41.0 Å². The van der Waals surface area contributed by atoms with Gasteiger partial charge in [-0.05, 0) is 36.8 Å². The Labute approximate surface area is 236 Å². The Morgan fingerprint density at radius 3 is 2.41 bits per heavy atom. The van der Waals surface area contributed by atoms with E-state index in [1.165, 1.54) is 7.11 Å². The van der Waals surface area contributed by atoms with Crippen LogP contribution in [-0.2, 0) is 28.1 Å². The molecule has 0 saturated carbocycles. The van der Waals surface area contributed by atoms with Crippen molar-refractivity contribution in [1.82, 2.24) is 14.3 Å².